The van der Waals surface area contributed by atoms with Crippen molar-refractivity contribution < 1.29 is 13.9 Å². The number of amides is 1. The van der Waals surface area contributed by atoms with Gasteiger partial charge in [-0.3, -0.25) is 9.69 Å². The predicted molar refractivity (Wildman–Crippen MR) is 78.6 cm³/mol. The number of carbonyl (C=O) groups is 1. The molecule has 0 spiro atoms. The summed E-state index contributed by atoms with van der Waals surface area (Å²) in [5.41, 5.74) is 1.70. The monoisotopic (exact) mass is 309 g/mol. The molecule has 1 amide bonds. The molecule has 2 heterocycles. The third-order valence-electron chi connectivity index (χ3n) is 3.44. The van der Waals surface area contributed by atoms with Gasteiger partial charge < -0.3 is 14.5 Å². The van der Waals surface area contributed by atoms with Crippen molar-refractivity contribution in [2.75, 3.05) is 39.4 Å². The van der Waals surface area contributed by atoms with Gasteiger partial charge >= 0.3 is 0 Å². The maximum Gasteiger partial charge on any atom is 0.293 e. The van der Waals surface area contributed by atoms with E-state index in [9.17, 15) is 4.79 Å². The largest absolute Gasteiger partial charge is 0.428 e. The third-order valence-corrected chi connectivity index (χ3v) is 3.60. The van der Waals surface area contributed by atoms with Gasteiger partial charge in [-0.2, -0.15) is 4.98 Å². The highest BCUT2D eigenvalue weighted by molar-refractivity contribution is 6.28. The van der Waals surface area contributed by atoms with Crippen LogP contribution in [0.1, 0.15) is 10.4 Å². The fourth-order valence-electron chi connectivity index (χ4n) is 2.29. The summed E-state index contributed by atoms with van der Waals surface area (Å²) in [6.07, 6.45) is 0. The molecule has 1 saturated heterocycles. The molecule has 112 valence electrons. The first kappa shape index (κ1) is 14.3. The van der Waals surface area contributed by atoms with E-state index in [1.807, 2.05) is 0 Å². The van der Waals surface area contributed by atoms with Crippen LogP contribution in [0.4, 0.5) is 0 Å². The van der Waals surface area contributed by atoms with Gasteiger partial charge in [-0.1, -0.05) is 0 Å². The average molecular weight is 310 g/mol. The highest BCUT2D eigenvalue weighted by atomic mass is 35.5. The van der Waals surface area contributed by atoms with Crippen LogP contribution in [0.5, 0.6) is 0 Å². The number of halogens is 1. The molecule has 0 aliphatic carbocycles. The van der Waals surface area contributed by atoms with E-state index in [-0.39, 0.29) is 11.3 Å². The molecule has 0 saturated carbocycles. The van der Waals surface area contributed by atoms with Crippen LogP contribution in [-0.2, 0) is 4.74 Å². The number of morpholine rings is 1. The summed E-state index contributed by atoms with van der Waals surface area (Å²) >= 11 is 5.69. The Kier molecular flexibility index (Phi) is 4.38. The Bertz CT molecular complexity index is 637. The van der Waals surface area contributed by atoms with Crippen LogP contribution in [0.2, 0.25) is 5.35 Å². The van der Waals surface area contributed by atoms with Gasteiger partial charge in [0.1, 0.15) is 5.52 Å². The molecular weight excluding hydrogens is 294 g/mol. The number of rotatable bonds is 4. The number of carbonyl (C=O) groups excluding carboxylic acids is 1. The molecule has 21 heavy (non-hydrogen) atoms. The molecule has 2 aromatic rings. The second-order valence-corrected chi connectivity index (χ2v) is 5.18. The van der Waals surface area contributed by atoms with Gasteiger partial charge in [0.05, 0.1) is 13.2 Å². The van der Waals surface area contributed by atoms with Crippen molar-refractivity contribution in [3.05, 3.63) is 29.1 Å². The Morgan fingerprint density at radius 2 is 2.19 bits per heavy atom. The molecule has 1 fully saturated rings. The summed E-state index contributed by atoms with van der Waals surface area (Å²) in [6, 6.07) is 5.09. The number of ether oxygens (including phenoxy) is 1. The zero-order valence-corrected chi connectivity index (χ0v) is 12.2. The predicted octanol–water partition coefficient (Wildman–Crippen LogP) is 1.54. The SMILES string of the molecule is O=C(NCCN1CCOCC1)c1ccc2nc(Cl)oc2c1. The lowest BCUT2D eigenvalue weighted by molar-refractivity contribution is 0.0383. The van der Waals surface area contributed by atoms with Crippen LogP contribution in [0.25, 0.3) is 11.1 Å². The normalized spacial score (nSPS) is 16.2. The molecule has 3 rings (SSSR count). The number of hydrogen-bond acceptors (Lipinski definition) is 5. The van der Waals surface area contributed by atoms with Gasteiger partial charge in [-0.25, -0.2) is 0 Å². The van der Waals surface area contributed by atoms with E-state index in [1.54, 1.807) is 18.2 Å². The molecule has 1 aromatic carbocycles. The molecule has 0 unspecified atom stereocenters. The van der Waals surface area contributed by atoms with E-state index < -0.39 is 0 Å². The summed E-state index contributed by atoms with van der Waals surface area (Å²) < 4.78 is 10.5. The van der Waals surface area contributed by atoms with Crippen LogP contribution >= 0.6 is 11.6 Å². The van der Waals surface area contributed by atoms with Crippen LogP contribution in [0, 0.1) is 0 Å². The Hall–Kier alpha value is -1.63. The summed E-state index contributed by atoms with van der Waals surface area (Å²) in [5, 5.41) is 2.98. The minimum Gasteiger partial charge on any atom is -0.428 e. The second-order valence-electron chi connectivity index (χ2n) is 4.86. The van der Waals surface area contributed by atoms with Gasteiger partial charge in [0.15, 0.2) is 5.58 Å². The number of aromatic nitrogens is 1. The maximum absolute atomic E-state index is 12.1. The number of nitrogens with zero attached hydrogens (tertiary/aromatic N) is 2. The molecule has 0 bridgehead atoms. The van der Waals surface area contributed by atoms with Gasteiger partial charge in [0.25, 0.3) is 11.3 Å². The highest BCUT2D eigenvalue weighted by Gasteiger charge is 2.12. The smallest absolute Gasteiger partial charge is 0.293 e. The standard InChI is InChI=1S/C14H16ClN3O3/c15-14-17-11-2-1-10(9-12(11)21-14)13(19)16-3-4-18-5-7-20-8-6-18/h1-2,9H,3-8H2,(H,16,19). The Morgan fingerprint density at radius 1 is 1.38 bits per heavy atom. The number of nitrogens with one attached hydrogen (secondary N) is 1. The van der Waals surface area contributed by atoms with Crippen molar-refractivity contribution in [1.29, 1.82) is 0 Å². The zero-order valence-electron chi connectivity index (χ0n) is 11.5. The Morgan fingerprint density at radius 3 is 3.00 bits per heavy atom. The Balaban J connectivity index is 1.55. The number of hydrogen-bond donors (Lipinski definition) is 1. The second kappa shape index (κ2) is 6.43. The maximum atomic E-state index is 12.1. The Labute approximate surface area is 127 Å². The summed E-state index contributed by atoms with van der Waals surface area (Å²) in [7, 11) is 0. The zero-order chi connectivity index (χ0) is 14.7. The number of fused-ring (bicyclic) bond motifs is 1. The molecular formula is C14H16ClN3O3. The molecule has 6 nitrogen and oxygen atoms in total. The van der Waals surface area contributed by atoms with Crippen molar-refractivity contribution >= 4 is 28.6 Å². The first-order chi connectivity index (χ1) is 10.2. The van der Waals surface area contributed by atoms with Crippen LogP contribution < -0.4 is 5.32 Å². The van der Waals surface area contributed by atoms with Gasteiger partial charge in [-0.05, 0) is 29.8 Å². The molecule has 1 aliphatic rings. The van der Waals surface area contributed by atoms with Gasteiger partial charge in [-0.15, -0.1) is 0 Å². The molecule has 1 aliphatic heterocycles. The summed E-state index contributed by atoms with van der Waals surface area (Å²) in [5.74, 6) is -0.127. The fourth-order valence-corrected chi connectivity index (χ4v) is 2.47. The quantitative estimate of drug-likeness (QED) is 0.928. The molecule has 1 N–H and O–H groups in total. The summed E-state index contributed by atoms with van der Waals surface area (Å²) in [6.45, 7) is 4.78. The fraction of sp³-hybridized carbons (Fsp3) is 0.429. The lowest BCUT2D eigenvalue weighted by atomic mass is 10.2. The van der Waals surface area contributed by atoms with Gasteiger partial charge in [0.2, 0.25) is 0 Å². The molecule has 1 aromatic heterocycles. The molecule has 0 radical (unpaired) electrons. The van der Waals surface area contributed by atoms with Crippen molar-refractivity contribution in [1.82, 2.24) is 15.2 Å². The van der Waals surface area contributed by atoms with E-state index in [4.69, 9.17) is 20.8 Å². The van der Waals surface area contributed by atoms with E-state index in [1.165, 1.54) is 0 Å². The number of oxazole rings is 1. The minimum atomic E-state index is -0.127. The van der Waals surface area contributed by atoms with Crippen molar-refractivity contribution in [2.24, 2.45) is 0 Å². The van der Waals surface area contributed by atoms with Gasteiger partial charge in [0, 0.05) is 31.7 Å². The van der Waals surface area contributed by atoms with Crippen LogP contribution in [0.15, 0.2) is 22.6 Å². The third kappa shape index (κ3) is 3.53. The van der Waals surface area contributed by atoms with E-state index in [0.717, 1.165) is 32.8 Å². The minimum absolute atomic E-state index is 0.0786. The van der Waals surface area contributed by atoms with Crippen molar-refractivity contribution in [3.63, 3.8) is 0 Å². The average Bonchev–Trinajstić information content (AvgIpc) is 2.87. The van der Waals surface area contributed by atoms with E-state index >= 15 is 0 Å². The first-order valence-electron chi connectivity index (χ1n) is 6.87. The summed E-state index contributed by atoms with van der Waals surface area (Å²) in [4.78, 5) is 18.3. The first-order valence-corrected chi connectivity index (χ1v) is 7.24. The molecule has 0 atom stereocenters. The molecule has 7 heteroatoms. The topological polar surface area (TPSA) is 67.6 Å². The lowest BCUT2D eigenvalue weighted by Gasteiger charge is -2.26. The van der Waals surface area contributed by atoms with Crippen molar-refractivity contribution in [3.8, 4) is 0 Å². The number of benzene rings is 1. The van der Waals surface area contributed by atoms with E-state index in [2.05, 4.69) is 15.2 Å². The van der Waals surface area contributed by atoms with Crippen molar-refractivity contribution in [2.45, 2.75) is 0 Å². The van der Waals surface area contributed by atoms with E-state index in [0.29, 0.717) is 23.2 Å². The lowest BCUT2D eigenvalue weighted by Crippen LogP contribution is -2.41. The van der Waals surface area contributed by atoms with Crippen LogP contribution in [0.3, 0.4) is 0 Å². The van der Waals surface area contributed by atoms with Crippen LogP contribution in [-0.4, -0.2) is 55.2 Å². The highest BCUT2D eigenvalue weighted by Crippen LogP contribution is 2.19.